The largest absolute Gasteiger partial charge is 0.497 e. The number of carbonyl (C=O) groups is 1. The van der Waals surface area contributed by atoms with E-state index in [1.54, 1.807) is 30.2 Å². The van der Waals surface area contributed by atoms with Gasteiger partial charge < -0.3 is 19.0 Å². The second kappa shape index (κ2) is 8.79. The quantitative estimate of drug-likeness (QED) is 0.551. The molecule has 0 spiro atoms. The molecular weight excluding hydrogens is 404 g/mol. The Morgan fingerprint density at radius 3 is 2.44 bits per heavy atom. The van der Waals surface area contributed by atoms with E-state index >= 15 is 0 Å². The Kier molecular flexibility index (Phi) is 6.07. The predicted molar refractivity (Wildman–Crippen MR) is 126 cm³/mol. The molecule has 0 aliphatic carbocycles. The standard InChI is InChI=1S/C26H30N2O4/c1-16(2)17-7-9-18(10-8-17)23-22-24(29)20-12-11-19(31-5)15-21(20)32-25(22)26(30)28(23)14-6-13-27(3)4/h7-12,15-16,23H,6,13-14H2,1-5H3/t23-/m0/s1. The summed E-state index contributed by atoms with van der Waals surface area (Å²) in [5.74, 6) is 0.883. The average Bonchev–Trinajstić information content (AvgIpc) is 3.05. The Hall–Kier alpha value is -3.12. The van der Waals surface area contributed by atoms with Crippen LogP contribution in [0, 0.1) is 0 Å². The highest BCUT2D eigenvalue weighted by molar-refractivity contribution is 5.99. The molecule has 6 nitrogen and oxygen atoms in total. The van der Waals surface area contributed by atoms with E-state index in [4.69, 9.17) is 9.15 Å². The van der Waals surface area contributed by atoms with Gasteiger partial charge >= 0.3 is 0 Å². The van der Waals surface area contributed by atoms with Crippen LogP contribution >= 0.6 is 0 Å². The number of fused-ring (bicyclic) bond motifs is 2. The molecule has 0 fully saturated rings. The molecule has 0 bridgehead atoms. The molecule has 0 saturated carbocycles. The molecule has 4 rings (SSSR count). The zero-order valence-electron chi connectivity index (χ0n) is 19.3. The van der Waals surface area contributed by atoms with Crippen LogP contribution in [0.5, 0.6) is 5.75 Å². The highest BCUT2D eigenvalue weighted by Crippen LogP contribution is 2.39. The monoisotopic (exact) mass is 434 g/mol. The molecule has 2 heterocycles. The predicted octanol–water partition coefficient (Wildman–Crippen LogP) is 4.42. The Labute approximate surface area is 188 Å². The van der Waals surface area contributed by atoms with Crippen LogP contribution in [0.25, 0.3) is 11.0 Å². The molecular formula is C26H30N2O4. The number of nitrogens with zero attached hydrogens (tertiary/aromatic N) is 2. The molecule has 32 heavy (non-hydrogen) atoms. The lowest BCUT2D eigenvalue weighted by Gasteiger charge is -2.26. The van der Waals surface area contributed by atoms with Crippen molar-refractivity contribution in [3.8, 4) is 5.75 Å². The Morgan fingerprint density at radius 2 is 1.81 bits per heavy atom. The van der Waals surface area contributed by atoms with Gasteiger partial charge in [-0.25, -0.2) is 0 Å². The molecule has 2 aromatic carbocycles. The molecule has 6 heteroatoms. The Bertz CT molecular complexity index is 1190. The van der Waals surface area contributed by atoms with Gasteiger partial charge in [0.2, 0.25) is 5.76 Å². The number of hydrogen-bond donors (Lipinski definition) is 0. The van der Waals surface area contributed by atoms with E-state index in [0.717, 1.165) is 18.5 Å². The van der Waals surface area contributed by atoms with Crippen LogP contribution in [-0.2, 0) is 0 Å². The number of amides is 1. The lowest BCUT2D eigenvalue weighted by atomic mass is 9.95. The molecule has 3 aromatic rings. The first-order valence-electron chi connectivity index (χ1n) is 11.0. The average molecular weight is 435 g/mol. The molecule has 0 unspecified atom stereocenters. The maximum absolute atomic E-state index is 13.6. The first-order chi connectivity index (χ1) is 15.3. The summed E-state index contributed by atoms with van der Waals surface area (Å²) in [5.41, 5.74) is 2.77. The third-order valence-electron chi connectivity index (χ3n) is 6.10. The molecule has 1 atom stereocenters. The van der Waals surface area contributed by atoms with Crippen LogP contribution in [0.2, 0.25) is 0 Å². The number of benzene rings is 2. The minimum atomic E-state index is -0.455. The molecule has 0 N–H and O–H groups in total. The minimum absolute atomic E-state index is 0.138. The number of hydrogen-bond acceptors (Lipinski definition) is 5. The van der Waals surface area contributed by atoms with Gasteiger partial charge in [-0.2, -0.15) is 0 Å². The molecule has 168 valence electrons. The molecule has 1 aromatic heterocycles. The second-order valence-electron chi connectivity index (χ2n) is 8.92. The fraction of sp³-hybridized carbons (Fsp3) is 0.385. The Morgan fingerprint density at radius 1 is 1.09 bits per heavy atom. The normalized spacial score (nSPS) is 15.8. The number of ether oxygens (including phenoxy) is 1. The van der Waals surface area contributed by atoms with Gasteiger partial charge in [-0.3, -0.25) is 9.59 Å². The van der Waals surface area contributed by atoms with Crippen molar-refractivity contribution in [2.45, 2.75) is 32.2 Å². The van der Waals surface area contributed by atoms with E-state index in [9.17, 15) is 9.59 Å². The van der Waals surface area contributed by atoms with Crippen molar-refractivity contribution in [2.24, 2.45) is 0 Å². The summed E-state index contributed by atoms with van der Waals surface area (Å²) < 4.78 is 11.3. The van der Waals surface area contributed by atoms with Gasteiger partial charge in [0.1, 0.15) is 11.3 Å². The highest BCUT2D eigenvalue weighted by Gasteiger charge is 2.42. The summed E-state index contributed by atoms with van der Waals surface area (Å²) in [5, 5.41) is 0.455. The van der Waals surface area contributed by atoms with E-state index in [0.29, 0.717) is 34.7 Å². The van der Waals surface area contributed by atoms with Gasteiger partial charge in [-0.1, -0.05) is 38.1 Å². The van der Waals surface area contributed by atoms with Crippen molar-refractivity contribution in [3.63, 3.8) is 0 Å². The van der Waals surface area contributed by atoms with E-state index in [1.807, 2.05) is 26.2 Å². The van der Waals surface area contributed by atoms with Gasteiger partial charge in [-0.15, -0.1) is 0 Å². The summed E-state index contributed by atoms with van der Waals surface area (Å²) in [4.78, 5) is 30.9. The van der Waals surface area contributed by atoms with Gasteiger partial charge in [-0.05, 0) is 56.2 Å². The van der Waals surface area contributed by atoms with Gasteiger partial charge in [0.15, 0.2) is 5.43 Å². The van der Waals surface area contributed by atoms with E-state index < -0.39 is 6.04 Å². The summed E-state index contributed by atoms with van der Waals surface area (Å²) in [6.45, 7) is 5.68. The van der Waals surface area contributed by atoms with Crippen LogP contribution < -0.4 is 10.2 Å². The molecule has 0 radical (unpaired) electrons. The zero-order chi connectivity index (χ0) is 23.0. The van der Waals surface area contributed by atoms with Crippen molar-refractivity contribution >= 4 is 16.9 Å². The van der Waals surface area contributed by atoms with Crippen LogP contribution in [0.4, 0.5) is 0 Å². The van der Waals surface area contributed by atoms with Gasteiger partial charge in [0.25, 0.3) is 5.91 Å². The molecule has 1 aliphatic rings. The van der Waals surface area contributed by atoms with Crippen molar-refractivity contribution < 1.29 is 13.9 Å². The van der Waals surface area contributed by atoms with Crippen molar-refractivity contribution in [3.05, 3.63) is 75.1 Å². The zero-order valence-corrected chi connectivity index (χ0v) is 19.3. The number of carbonyl (C=O) groups excluding carboxylic acids is 1. The van der Waals surface area contributed by atoms with E-state index in [1.165, 1.54) is 5.56 Å². The summed E-state index contributed by atoms with van der Waals surface area (Å²) in [7, 11) is 5.57. The van der Waals surface area contributed by atoms with Crippen LogP contribution in [-0.4, -0.2) is 50.0 Å². The topological polar surface area (TPSA) is 63.0 Å². The van der Waals surface area contributed by atoms with Crippen molar-refractivity contribution in [1.82, 2.24) is 9.80 Å². The SMILES string of the molecule is COc1ccc2c(=O)c3c(oc2c1)C(=O)N(CCCN(C)C)[C@H]3c1ccc(C(C)C)cc1. The van der Waals surface area contributed by atoms with E-state index in [-0.39, 0.29) is 17.1 Å². The van der Waals surface area contributed by atoms with Crippen LogP contribution in [0.3, 0.4) is 0 Å². The van der Waals surface area contributed by atoms with E-state index in [2.05, 4.69) is 30.9 Å². The highest BCUT2D eigenvalue weighted by atomic mass is 16.5. The summed E-state index contributed by atoms with van der Waals surface area (Å²) in [6.07, 6.45) is 0.800. The first-order valence-corrected chi connectivity index (χ1v) is 11.0. The molecule has 1 amide bonds. The van der Waals surface area contributed by atoms with Crippen LogP contribution in [0.15, 0.2) is 51.7 Å². The lowest BCUT2D eigenvalue weighted by molar-refractivity contribution is 0.0722. The third-order valence-corrected chi connectivity index (χ3v) is 6.10. The van der Waals surface area contributed by atoms with Gasteiger partial charge in [0.05, 0.1) is 24.1 Å². The number of methoxy groups -OCH3 is 1. The lowest BCUT2D eigenvalue weighted by Crippen LogP contribution is -2.32. The second-order valence-corrected chi connectivity index (χ2v) is 8.92. The van der Waals surface area contributed by atoms with Gasteiger partial charge in [0, 0.05) is 12.6 Å². The van der Waals surface area contributed by atoms with Crippen molar-refractivity contribution in [1.29, 1.82) is 0 Å². The fourth-order valence-electron chi connectivity index (χ4n) is 4.32. The summed E-state index contributed by atoms with van der Waals surface area (Å²) >= 11 is 0. The molecule has 0 saturated heterocycles. The Balaban J connectivity index is 1.85. The smallest absolute Gasteiger partial charge is 0.290 e. The van der Waals surface area contributed by atoms with Crippen LogP contribution in [0.1, 0.15) is 59.5 Å². The molecule has 1 aliphatic heterocycles. The minimum Gasteiger partial charge on any atom is -0.497 e. The fourth-order valence-corrected chi connectivity index (χ4v) is 4.32. The number of rotatable bonds is 7. The van der Waals surface area contributed by atoms with Crippen molar-refractivity contribution in [2.75, 3.05) is 34.3 Å². The third kappa shape index (κ3) is 3.91. The first kappa shape index (κ1) is 22.1. The summed E-state index contributed by atoms with van der Waals surface area (Å²) in [6, 6.07) is 12.9. The maximum Gasteiger partial charge on any atom is 0.290 e. The maximum atomic E-state index is 13.6.